The van der Waals surface area contributed by atoms with E-state index in [1.165, 1.54) is 0 Å². The Morgan fingerprint density at radius 1 is 1.25 bits per heavy atom. The quantitative estimate of drug-likeness (QED) is 0.762. The predicted molar refractivity (Wildman–Crippen MR) is 62.2 cm³/mol. The Morgan fingerprint density at radius 2 is 1.75 bits per heavy atom. The molecule has 0 saturated heterocycles. The zero-order valence-corrected chi connectivity index (χ0v) is 10.8. The molecule has 0 spiro atoms. The lowest BCUT2D eigenvalue weighted by Gasteiger charge is -2.41. The minimum atomic E-state index is -0.666. The number of rotatable bonds is 2. The average Bonchev–Trinajstić information content (AvgIpc) is 1.89. The molecule has 94 valence electrons. The molecular formula is C12H23NO3. The van der Waals surface area contributed by atoms with E-state index in [1.54, 1.807) is 13.8 Å². The van der Waals surface area contributed by atoms with Gasteiger partial charge in [-0.05, 0) is 53.4 Å². The Hall–Kier alpha value is -0.770. The second-order valence-electron chi connectivity index (χ2n) is 6.22. The summed E-state index contributed by atoms with van der Waals surface area (Å²) in [7, 11) is 0. The van der Waals surface area contributed by atoms with Crippen molar-refractivity contribution in [3.63, 3.8) is 0 Å². The number of alkyl carbamates (subject to hydrolysis) is 1. The van der Waals surface area contributed by atoms with Gasteiger partial charge in [0, 0.05) is 5.54 Å². The van der Waals surface area contributed by atoms with E-state index in [4.69, 9.17) is 4.74 Å². The Bertz CT molecular complexity index is 256. The Kier molecular flexibility index (Phi) is 3.53. The van der Waals surface area contributed by atoms with Crippen molar-refractivity contribution in [3.8, 4) is 0 Å². The van der Waals surface area contributed by atoms with Gasteiger partial charge in [-0.25, -0.2) is 4.79 Å². The molecule has 0 atom stereocenters. The topological polar surface area (TPSA) is 58.6 Å². The second kappa shape index (κ2) is 4.24. The highest BCUT2D eigenvalue weighted by Gasteiger charge is 2.40. The lowest BCUT2D eigenvalue weighted by atomic mass is 9.72. The molecule has 0 aromatic rings. The highest BCUT2D eigenvalue weighted by Crippen LogP contribution is 2.37. The fourth-order valence-electron chi connectivity index (χ4n) is 1.73. The number of carbonyl (C=O) groups is 1. The summed E-state index contributed by atoms with van der Waals surface area (Å²) in [5, 5.41) is 12.5. The van der Waals surface area contributed by atoms with Gasteiger partial charge in [0.15, 0.2) is 0 Å². The molecule has 16 heavy (non-hydrogen) atoms. The summed E-state index contributed by atoms with van der Waals surface area (Å²) in [5.41, 5.74) is -0.934. The van der Waals surface area contributed by atoms with Crippen LogP contribution >= 0.6 is 0 Å². The lowest BCUT2D eigenvalue weighted by molar-refractivity contribution is -0.0803. The molecule has 0 bridgehead atoms. The monoisotopic (exact) mass is 229 g/mol. The first-order chi connectivity index (χ1) is 7.08. The van der Waals surface area contributed by atoms with Gasteiger partial charge in [-0.2, -0.15) is 0 Å². The van der Waals surface area contributed by atoms with Crippen LogP contribution in [0.3, 0.4) is 0 Å². The van der Waals surface area contributed by atoms with Gasteiger partial charge in [0.2, 0.25) is 0 Å². The molecule has 1 fully saturated rings. The third-order valence-corrected chi connectivity index (χ3v) is 2.84. The zero-order chi connectivity index (χ0) is 12.6. The largest absolute Gasteiger partial charge is 0.446 e. The van der Waals surface area contributed by atoms with E-state index >= 15 is 0 Å². The third kappa shape index (κ3) is 4.00. The summed E-state index contributed by atoms with van der Waals surface area (Å²) < 4.78 is 5.23. The maximum Gasteiger partial charge on any atom is 0.407 e. The Morgan fingerprint density at radius 3 is 2.12 bits per heavy atom. The minimum Gasteiger partial charge on any atom is -0.446 e. The van der Waals surface area contributed by atoms with Crippen LogP contribution in [-0.2, 0) is 4.74 Å². The van der Waals surface area contributed by atoms with E-state index in [9.17, 15) is 9.90 Å². The summed E-state index contributed by atoms with van der Waals surface area (Å²) in [5.74, 6) is 0.236. The van der Waals surface area contributed by atoms with Crippen molar-refractivity contribution >= 4 is 6.09 Å². The average molecular weight is 229 g/mol. The van der Waals surface area contributed by atoms with Crippen LogP contribution in [-0.4, -0.2) is 28.4 Å². The number of carbonyl (C=O) groups excluding carboxylic acids is 1. The van der Waals surface area contributed by atoms with Gasteiger partial charge in [0.25, 0.3) is 0 Å². The van der Waals surface area contributed by atoms with Gasteiger partial charge in [-0.1, -0.05) is 0 Å². The Balaban J connectivity index is 2.25. The van der Waals surface area contributed by atoms with Gasteiger partial charge < -0.3 is 15.2 Å². The molecule has 1 amide bonds. The van der Waals surface area contributed by atoms with E-state index in [0.29, 0.717) is 0 Å². The number of aliphatic hydroxyl groups is 1. The molecule has 0 aromatic carbocycles. The SMILES string of the molecule is CC(C)(C)NC(=O)OC1CC(C(C)(C)O)C1. The molecule has 1 saturated carbocycles. The van der Waals surface area contributed by atoms with Gasteiger partial charge in [0.05, 0.1) is 5.60 Å². The molecule has 0 radical (unpaired) electrons. The van der Waals surface area contributed by atoms with Crippen LogP contribution < -0.4 is 5.32 Å². The van der Waals surface area contributed by atoms with Crippen LogP contribution in [0, 0.1) is 5.92 Å². The van der Waals surface area contributed by atoms with Crippen molar-refractivity contribution in [1.82, 2.24) is 5.32 Å². The van der Waals surface area contributed by atoms with Crippen molar-refractivity contribution in [2.75, 3.05) is 0 Å². The molecule has 0 heterocycles. The maximum atomic E-state index is 11.4. The molecule has 1 rings (SSSR count). The highest BCUT2D eigenvalue weighted by molar-refractivity contribution is 5.68. The number of ether oxygens (including phenoxy) is 1. The second-order valence-corrected chi connectivity index (χ2v) is 6.22. The standard InChI is InChI=1S/C12H23NO3/c1-11(2,3)13-10(14)16-9-6-8(7-9)12(4,5)15/h8-9,15H,6-7H2,1-5H3,(H,13,14). The van der Waals surface area contributed by atoms with Crippen molar-refractivity contribution in [2.24, 2.45) is 5.92 Å². The van der Waals surface area contributed by atoms with Gasteiger partial charge in [-0.15, -0.1) is 0 Å². The highest BCUT2D eigenvalue weighted by atomic mass is 16.6. The summed E-state index contributed by atoms with van der Waals surface area (Å²) in [6, 6.07) is 0. The first-order valence-corrected chi connectivity index (χ1v) is 5.79. The van der Waals surface area contributed by atoms with Gasteiger partial charge in [0.1, 0.15) is 6.10 Å². The van der Waals surface area contributed by atoms with E-state index in [0.717, 1.165) is 12.8 Å². The van der Waals surface area contributed by atoms with Crippen molar-refractivity contribution < 1.29 is 14.6 Å². The van der Waals surface area contributed by atoms with Crippen molar-refractivity contribution in [1.29, 1.82) is 0 Å². The normalized spacial score (nSPS) is 25.9. The van der Waals surface area contributed by atoms with E-state index in [-0.39, 0.29) is 23.7 Å². The summed E-state index contributed by atoms with van der Waals surface area (Å²) in [6.45, 7) is 9.32. The van der Waals surface area contributed by atoms with Crippen LogP contribution in [0.2, 0.25) is 0 Å². The summed E-state index contributed by atoms with van der Waals surface area (Å²) in [4.78, 5) is 11.4. The third-order valence-electron chi connectivity index (χ3n) is 2.84. The molecule has 2 N–H and O–H groups in total. The van der Waals surface area contributed by atoms with Gasteiger partial charge in [-0.3, -0.25) is 0 Å². The molecule has 0 aliphatic heterocycles. The fraction of sp³-hybridized carbons (Fsp3) is 0.917. The molecule has 0 aromatic heterocycles. The van der Waals surface area contributed by atoms with Crippen LogP contribution in [0.25, 0.3) is 0 Å². The molecule has 4 heteroatoms. The lowest BCUT2D eigenvalue weighted by Crippen LogP contribution is -2.48. The van der Waals surface area contributed by atoms with E-state index in [1.807, 2.05) is 20.8 Å². The van der Waals surface area contributed by atoms with Crippen LogP contribution in [0.5, 0.6) is 0 Å². The van der Waals surface area contributed by atoms with Crippen molar-refractivity contribution in [3.05, 3.63) is 0 Å². The van der Waals surface area contributed by atoms with Crippen molar-refractivity contribution in [2.45, 2.75) is 64.7 Å². The first kappa shape index (κ1) is 13.3. The molecule has 1 aliphatic carbocycles. The Labute approximate surface area is 97.4 Å². The van der Waals surface area contributed by atoms with Gasteiger partial charge >= 0.3 is 6.09 Å². The van der Waals surface area contributed by atoms with E-state index < -0.39 is 5.60 Å². The van der Waals surface area contributed by atoms with Crippen LogP contribution in [0.4, 0.5) is 4.79 Å². The number of hydrogen-bond acceptors (Lipinski definition) is 3. The number of hydrogen-bond donors (Lipinski definition) is 2. The summed E-state index contributed by atoms with van der Waals surface area (Å²) in [6.07, 6.45) is 1.09. The zero-order valence-electron chi connectivity index (χ0n) is 10.8. The number of amides is 1. The molecule has 1 aliphatic rings. The number of nitrogens with one attached hydrogen (secondary N) is 1. The molecular weight excluding hydrogens is 206 g/mol. The predicted octanol–water partition coefficient (Wildman–Crippen LogP) is 2.06. The van der Waals surface area contributed by atoms with E-state index in [2.05, 4.69) is 5.32 Å². The summed E-state index contributed by atoms with van der Waals surface area (Å²) >= 11 is 0. The fourth-order valence-corrected chi connectivity index (χ4v) is 1.73. The maximum absolute atomic E-state index is 11.4. The van der Waals surface area contributed by atoms with Crippen LogP contribution in [0.1, 0.15) is 47.5 Å². The minimum absolute atomic E-state index is 0.0428. The first-order valence-electron chi connectivity index (χ1n) is 5.79. The van der Waals surface area contributed by atoms with Crippen LogP contribution in [0.15, 0.2) is 0 Å². The smallest absolute Gasteiger partial charge is 0.407 e. The molecule has 0 unspecified atom stereocenters. The molecule has 4 nitrogen and oxygen atoms in total.